The fourth-order valence-electron chi connectivity index (χ4n) is 8.13. The van der Waals surface area contributed by atoms with Gasteiger partial charge in [0, 0.05) is 0 Å². The Labute approximate surface area is 188 Å². The van der Waals surface area contributed by atoms with Gasteiger partial charge < -0.3 is 0 Å². The minimum Gasteiger partial charge on any atom is -0.0613 e. The number of rotatable bonds is 0. The molecule has 0 heteroatoms. The van der Waals surface area contributed by atoms with Crippen molar-refractivity contribution >= 4 is 21.5 Å². The van der Waals surface area contributed by atoms with Gasteiger partial charge in [-0.15, -0.1) is 0 Å². The Kier molecular flexibility index (Phi) is 2.68. The molecule has 8 rings (SSSR count). The summed E-state index contributed by atoms with van der Waals surface area (Å²) in [5.41, 5.74) is 14.8. The normalized spacial score (nSPS) is 23.2. The summed E-state index contributed by atoms with van der Waals surface area (Å²) in [7, 11) is 0. The third-order valence-corrected chi connectivity index (χ3v) is 9.43. The van der Waals surface area contributed by atoms with Crippen LogP contribution in [0.4, 0.5) is 0 Å². The van der Waals surface area contributed by atoms with E-state index in [0.717, 1.165) is 0 Å². The SMILES string of the molecule is Cc1c(C)c(C)c2c(c1C)C13c4cccc5cccc(c45)C21c1cccc2cccc3c12. The summed E-state index contributed by atoms with van der Waals surface area (Å²) in [5.74, 6) is 0. The van der Waals surface area contributed by atoms with Crippen LogP contribution >= 0.6 is 0 Å². The van der Waals surface area contributed by atoms with Crippen LogP contribution in [0.15, 0.2) is 72.8 Å². The van der Waals surface area contributed by atoms with Crippen molar-refractivity contribution in [1.82, 2.24) is 0 Å². The van der Waals surface area contributed by atoms with Crippen LogP contribution in [0.25, 0.3) is 21.5 Å². The molecule has 0 spiro atoms. The maximum atomic E-state index is 2.42. The summed E-state index contributed by atoms with van der Waals surface area (Å²) >= 11 is 0. The van der Waals surface area contributed by atoms with Gasteiger partial charge in [-0.25, -0.2) is 0 Å². The molecule has 0 saturated heterocycles. The zero-order chi connectivity index (χ0) is 21.6. The molecule has 32 heavy (non-hydrogen) atoms. The Morgan fingerprint density at radius 1 is 0.406 bits per heavy atom. The lowest BCUT2D eigenvalue weighted by Crippen LogP contribution is -2.57. The van der Waals surface area contributed by atoms with E-state index in [2.05, 4.69) is 100 Å². The molecular weight excluding hydrogens is 384 g/mol. The van der Waals surface area contributed by atoms with E-state index in [1.165, 1.54) is 66.1 Å². The van der Waals surface area contributed by atoms with Crippen LogP contribution in [0.5, 0.6) is 0 Å². The zero-order valence-corrected chi connectivity index (χ0v) is 18.9. The van der Waals surface area contributed by atoms with E-state index in [-0.39, 0.29) is 10.8 Å². The first-order valence-corrected chi connectivity index (χ1v) is 11.7. The van der Waals surface area contributed by atoms with E-state index in [1.54, 1.807) is 11.1 Å². The molecule has 0 aliphatic heterocycles. The predicted molar refractivity (Wildman–Crippen MR) is 133 cm³/mol. The zero-order valence-electron chi connectivity index (χ0n) is 18.9. The molecule has 152 valence electrons. The second-order valence-electron chi connectivity index (χ2n) is 10.2. The molecule has 0 bridgehead atoms. The molecule has 0 heterocycles. The van der Waals surface area contributed by atoms with Crippen molar-refractivity contribution in [3.63, 3.8) is 0 Å². The Bertz CT molecular complexity index is 1510. The highest BCUT2D eigenvalue weighted by Crippen LogP contribution is 2.79. The minimum atomic E-state index is -0.123. The monoisotopic (exact) mass is 408 g/mol. The van der Waals surface area contributed by atoms with Crippen molar-refractivity contribution in [2.75, 3.05) is 0 Å². The fraction of sp³-hybridized carbons (Fsp3) is 0.188. The molecule has 0 saturated carbocycles. The quantitative estimate of drug-likeness (QED) is 0.248. The third-order valence-electron chi connectivity index (χ3n) is 9.43. The molecule has 0 nitrogen and oxygen atoms in total. The van der Waals surface area contributed by atoms with E-state index >= 15 is 0 Å². The lowest BCUT2D eigenvalue weighted by molar-refractivity contribution is 0.387. The van der Waals surface area contributed by atoms with Crippen LogP contribution in [0, 0.1) is 27.7 Å². The van der Waals surface area contributed by atoms with Crippen LogP contribution in [-0.4, -0.2) is 0 Å². The largest absolute Gasteiger partial charge is 0.0648 e. The first-order chi connectivity index (χ1) is 15.6. The maximum absolute atomic E-state index is 2.42. The summed E-state index contributed by atoms with van der Waals surface area (Å²) in [5, 5.41) is 5.70. The van der Waals surface area contributed by atoms with Crippen molar-refractivity contribution in [3.8, 4) is 0 Å². The molecule has 3 aliphatic carbocycles. The van der Waals surface area contributed by atoms with Gasteiger partial charge in [0.05, 0.1) is 10.8 Å². The van der Waals surface area contributed by atoms with Gasteiger partial charge in [-0.1, -0.05) is 72.8 Å². The highest BCUT2D eigenvalue weighted by molar-refractivity contribution is 6.10. The van der Waals surface area contributed by atoms with Crippen LogP contribution < -0.4 is 0 Å². The molecule has 0 fully saturated rings. The van der Waals surface area contributed by atoms with Gasteiger partial charge in [-0.3, -0.25) is 0 Å². The summed E-state index contributed by atoms with van der Waals surface area (Å²) in [6.07, 6.45) is 0. The van der Waals surface area contributed by atoms with Gasteiger partial charge >= 0.3 is 0 Å². The van der Waals surface area contributed by atoms with E-state index in [1.807, 2.05) is 0 Å². The smallest absolute Gasteiger partial charge is 0.0613 e. The predicted octanol–water partition coefficient (Wildman–Crippen LogP) is 7.54. The lowest BCUT2D eigenvalue weighted by atomic mass is 9.42. The standard InChI is InChI=1S/C32H24/c1-17-18(2)20(4)30-29(19(17)3)31-23-13-5-9-21-11-7-15-25(27(21)23)32(30,31)26-16-8-12-22-10-6-14-24(31)28(22)26/h5-16H,1-4H3. The number of hydrogen-bond acceptors (Lipinski definition) is 0. The average Bonchev–Trinajstić information content (AvgIpc) is 3.14. The Morgan fingerprint density at radius 2 is 0.719 bits per heavy atom. The minimum absolute atomic E-state index is 0.123. The van der Waals surface area contributed by atoms with E-state index in [4.69, 9.17) is 0 Å². The second kappa shape index (κ2) is 4.99. The van der Waals surface area contributed by atoms with Crippen molar-refractivity contribution < 1.29 is 0 Å². The van der Waals surface area contributed by atoms with Crippen LogP contribution in [0.3, 0.4) is 0 Å². The summed E-state index contributed by atoms with van der Waals surface area (Å²) in [6.45, 7) is 9.37. The van der Waals surface area contributed by atoms with Crippen molar-refractivity contribution in [2.45, 2.75) is 38.5 Å². The molecule has 0 unspecified atom stereocenters. The van der Waals surface area contributed by atoms with Crippen LogP contribution in [0.1, 0.15) is 55.6 Å². The Balaban J connectivity index is 1.75. The molecule has 0 amide bonds. The van der Waals surface area contributed by atoms with Gasteiger partial charge in [0.1, 0.15) is 0 Å². The second-order valence-corrected chi connectivity index (χ2v) is 10.2. The van der Waals surface area contributed by atoms with Crippen molar-refractivity contribution in [1.29, 1.82) is 0 Å². The van der Waals surface area contributed by atoms with Gasteiger partial charge in [-0.05, 0) is 105 Å². The first kappa shape index (κ1) is 17.2. The third kappa shape index (κ3) is 1.35. The van der Waals surface area contributed by atoms with Gasteiger partial charge in [0.25, 0.3) is 0 Å². The fourth-order valence-corrected chi connectivity index (χ4v) is 8.13. The maximum Gasteiger partial charge on any atom is 0.0648 e. The molecule has 3 aliphatic rings. The summed E-state index contributed by atoms with van der Waals surface area (Å²) in [4.78, 5) is 0. The average molecular weight is 409 g/mol. The molecular formula is C32H24. The Morgan fingerprint density at radius 3 is 1.03 bits per heavy atom. The molecule has 0 aromatic heterocycles. The van der Waals surface area contributed by atoms with E-state index < -0.39 is 0 Å². The van der Waals surface area contributed by atoms with Crippen LogP contribution in [-0.2, 0) is 10.8 Å². The van der Waals surface area contributed by atoms with Crippen LogP contribution in [0.2, 0.25) is 0 Å². The molecule has 5 aromatic rings. The lowest BCUT2D eigenvalue weighted by Gasteiger charge is -2.57. The van der Waals surface area contributed by atoms with Gasteiger partial charge in [0.2, 0.25) is 0 Å². The number of benzene rings is 5. The van der Waals surface area contributed by atoms with Gasteiger partial charge in [-0.2, -0.15) is 0 Å². The number of hydrogen-bond donors (Lipinski definition) is 0. The molecule has 0 radical (unpaired) electrons. The summed E-state index contributed by atoms with van der Waals surface area (Å²) in [6, 6.07) is 28.0. The van der Waals surface area contributed by atoms with E-state index in [9.17, 15) is 0 Å². The van der Waals surface area contributed by atoms with Gasteiger partial charge in [0.15, 0.2) is 0 Å². The number of fused-ring (bicyclic) bond motifs is 1. The van der Waals surface area contributed by atoms with Crippen molar-refractivity contribution in [2.24, 2.45) is 0 Å². The highest BCUT2D eigenvalue weighted by Gasteiger charge is 2.74. The Hall–Kier alpha value is -3.38. The molecule has 5 aromatic carbocycles. The molecule has 0 N–H and O–H groups in total. The van der Waals surface area contributed by atoms with E-state index in [0.29, 0.717) is 0 Å². The van der Waals surface area contributed by atoms with Crippen molar-refractivity contribution in [3.05, 3.63) is 128 Å². The summed E-state index contributed by atoms with van der Waals surface area (Å²) < 4.78 is 0. The topological polar surface area (TPSA) is 0 Å². The first-order valence-electron chi connectivity index (χ1n) is 11.7. The molecule has 0 atom stereocenters. The highest BCUT2D eigenvalue weighted by atomic mass is 14.7.